The van der Waals surface area contributed by atoms with Gasteiger partial charge in [0.2, 0.25) is 0 Å². The average molecular weight is 418 g/mol. The number of nitrogens with one attached hydrogen (secondary N) is 1. The molecule has 5 rings (SSSR count). The fourth-order valence-corrected chi connectivity index (χ4v) is 4.83. The molecule has 2 aliphatic rings. The monoisotopic (exact) mass is 417 g/mol. The van der Waals surface area contributed by atoms with Crippen LogP contribution in [0.4, 0.5) is 0 Å². The van der Waals surface area contributed by atoms with Crippen LogP contribution in [0.1, 0.15) is 71.6 Å². The summed E-state index contributed by atoms with van der Waals surface area (Å²) in [5.41, 5.74) is 3.08. The third kappa shape index (κ3) is 3.69. The highest BCUT2D eigenvalue weighted by molar-refractivity contribution is 6.00. The van der Waals surface area contributed by atoms with Crippen molar-refractivity contribution in [3.05, 3.63) is 59.7 Å². The van der Waals surface area contributed by atoms with Gasteiger partial charge in [0, 0.05) is 37.1 Å². The van der Waals surface area contributed by atoms with Gasteiger partial charge in [-0.3, -0.25) is 14.6 Å². The van der Waals surface area contributed by atoms with E-state index in [0.29, 0.717) is 22.9 Å². The maximum absolute atomic E-state index is 13.2. The summed E-state index contributed by atoms with van der Waals surface area (Å²) in [7, 11) is 0. The topological polar surface area (TPSA) is 80.1 Å². The Morgan fingerprint density at radius 2 is 2.00 bits per heavy atom. The van der Waals surface area contributed by atoms with Crippen LogP contribution in [-0.4, -0.2) is 43.8 Å². The normalized spacial score (nSPS) is 18.1. The molecule has 1 atom stereocenters. The Kier molecular flexibility index (Phi) is 5.18. The number of imidazole rings is 1. The van der Waals surface area contributed by atoms with E-state index in [0.717, 1.165) is 37.0 Å². The zero-order valence-electron chi connectivity index (χ0n) is 17.8. The predicted molar refractivity (Wildman–Crippen MR) is 118 cm³/mol. The zero-order chi connectivity index (χ0) is 21.4. The first kappa shape index (κ1) is 19.7. The highest BCUT2D eigenvalue weighted by atomic mass is 16.2. The van der Waals surface area contributed by atoms with Gasteiger partial charge in [0.15, 0.2) is 5.82 Å². The number of benzene rings is 1. The van der Waals surface area contributed by atoms with Gasteiger partial charge in [0.1, 0.15) is 0 Å². The summed E-state index contributed by atoms with van der Waals surface area (Å²) in [6, 6.07) is 9.47. The van der Waals surface area contributed by atoms with Crippen LogP contribution in [0.15, 0.2) is 42.7 Å². The second-order valence-corrected chi connectivity index (χ2v) is 8.56. The first-order valence-electron chi connectivity index (χ1n) is 11.1. The van der Waals surface area contributed by atoms with E-state index in [4.69, 9.17) is 0 Å². The molecule has 1 aliphatic heterocycles. The van der Waals surface area contributed by atoms with Crippen molar-refractivity contribution < 1.29 is 9.59 Å². The molecule has 1 aromatic carbocycles. The lowest BCUT2D eigenvalue weighted by atomic mass is 9.94. The summed E-state index contributed by atoms with van der Waals surface area (Å²) in [5, 5.41) is 3.01. The number of carbonyl (C=O) groups excluding carboxylic acids is 2. The Morgan fingerprint density at radius 3 is 2.77 bits per heavy atom. The lowest BCUT2D eigenvalue weighted by Gasteiger charge is -2.36. The molecule has 31 heavy (non-hydrogen) atoms. The molecule has 2 aromatic heterocycles. The lowest BCUT2D eigenvalue weighted by molar-refractivity contribution is 0.0566. The molecule has 1 fully saturated rings. The van der Waals surface area contributed by atoms with Crippen molar-refractivity contribution in [2.24, 2.45) is 0 Å². The van der Waals surface area contributed by atoms with Gasteiger partial charge in [-0.15, -0.1) is 0 Å². The molecule has 3 aromatic rings. The number of hydrogen-bond acceptors (Lipinski definition) is 4. The number of fused-ring (bicyclic) bond motifs is 3. The van der Waals surface area contributed by atoms with Crippen molar-refractivity contribution in [1.29, 1.82) is 0 Å². The summed E-state index contributed by atoms with van der Waals surface area (Å²) in [6.07, 6.45) is 9.30. The smallest absolute Gasteiger partial charge is 0.290 e. The van der Waals surface area contributed by atoms with Crippen LogP contribution < -0.4 is 5.32 Å². The molecular weight excluding hydrogens is 390 g/mol. The fourth-order valence-electron chi connectivity index (χ4n) is 4.83. The standard InChI is InChI=1S/C24H27N5O2/c1-16(18-6-5-11-25-15-18)26-23(30)17-9-10-21-20(14-17)27-22-24(31)28(12-13-29(21)22)19-7-3-2-4-8-19/h5-6,9-11,14-16,19H,2-4,7-8,12-13H2,1H3,(H,26,30). The van der Waals surface area contributed by atoms with Crippen LogP contribution in [0, 0.1) is 0 Å². The maximum atomic E-state index is 13.2. The van der Waals surface area contributed by atoms with Crippen LogP contribution in [0.5, 0.6) is 0 Å². The molecule has 0 radical (unpaired) electrons. The number of hydrogen-bond donors (Lipinski definition) is 1. The minimum absolute atomic E-state index is 0.0190. The van der Waals surface area contributed by atoms with Crippen LogP contribution in [0.2, 0.25) is 0 Å². The van der Waals surface area contributed by atoms with E-state index in [1.165, 1.54) is 19.3 Å². The SMILES string of the molecule is CC(NC(=O)c1ccc2c(c1)nc1n2CCN(C2CCCCC2)C1=O)c1cccnc1. The Bertz CT molecular complexity index is 1120. The number of carbonyl (C=O) groups is 2. The van der Waals surface area contributed by atoms with Crippen molar-refractivity contribution in [2.75, 3.05) is 6.54 Å². The minimum atomic E-state index is -0.167. The van der Waals surface area contributed by atoms with Gasteiger partial charge in [0.25, 0.3) is 11.8 Å². The Hall–Kier alpha value is -3.22. The Morgan fingerprint density at radius 1 is 1.16 bits per heavy atom. The van der Waals surface area contributed by atoms with E-state index in [9.17, 15) is 9.59 Å². The number of rotatable bonds is 4. The molecule has 1 saturated carbocycles. The van der Waals surface area contributed by atoms with Crippen LogP contribution in [-0.2, 0) is 6.54 Å². The molecule has 160 valence electrons. The first-order valence-corrected chi connectivity index (χ1v) is 11.1. The molecule has 0 spiro atoms. The molecule has 1 unspecified atom stereocenters. The van der Waals surface area contributed by atoms with Gasteiger partial charge in [-0.25, -0.2) is 4.98 Å². The summed E-state index contributed by atoms with van der Waals surface area (Å²) < 4.78 is 2.00. The van der Waals surface area contributed by atoms with E-state index in [-0.39, 0.29) is 17.9 Å². The highest BCUT2D eigenvalue weighted by Crippen LogP contribution is 2.28. The number of nitrogens with zero attached hydrogens (tertiary/aromatic N) is 4. The van der Waals surface area contributed by atoms with Gasteiger partial charge < -0.3 is 14.8 Å². The van der Waals surface area contributed by atoms with Crippen LogP contribution in [0.25, 0.3) is 11.0 Å². The Labute approximate surface area is 181 Å². The average Bonchev–Trinajstić information content (AvgIpc) is 3.19. The quantitative estimate of drug-likeness (QED) is 0.702. The van der Waals surface area contributed by atoms with Crippen molar-refractivity contribution in [1.82, 2.24) is 24.8 Å². The summed E-state index contributed by atoms with van der Waals surface area (Å²) in [4.78, 5) is 36.7. The molecule has 7 nitrogen and oxygen atoms in total. The van der Waals surface area contributed by atoms with Crippen molar-refractivity contribution in [3.8, 4) is 0 Å². The number of pyridine rings is 1. The third-order valence-electron chi connectivity index (χ3n) is 6.57. The molecule has 3 heterocycles. The van der Waals surface area contributed by atoms with Crippen molar-refractivity contribution in [2.45, 2.75) is 57.7 Å². The molecular formula is C24H27N5O2. The molecule has 7 heteroatoms. The predicted octanol–water partition coefficient (Wildman–Crippen LogP) is 3.71. The van der Waals surface area contributed by atoms with Gasteiger partial charge in [-0.05, 0) is 49.6 Å². The molecule has 0 saturated heterocycles. The van der Waals surface area contributed by atoms with Crippen LogP contribution >= 0.6 is 0 Å². The van der Waals surface area contributed by atoms with E-state index in [1.54, 1.807) is 24.5 Å². The molecule has 1 aliphatic carbocycles. The van der Waals surface area contributed by atoms with Gasteiger partial charge in [-0.1, -0.05) is 25.3 Å². The van der Waals surface area contributed by atoms with Gasteiger partial charge in [0.05, 0.1) is 17.1 Å². The first-order chi connectivity index (χ1) is 15.1. The number of aromatic nitrogens is 3. The zero-order valence-corrected chi connectivity index (χ0v) is 17.8. The summed E-state index contributed by atoms with van der Waals surface area (Å²) in [6.45, 7) is 3.41. The van der Waals surface area contributed by atoms with E-state index < -0.39 is 0 Å². The molecule has 2 amide bonds. The fraction of sp³-hybridized carbons (Fsp3) is 0.417. The van der Waals surface area contributed by atoms with E-state index in [1.807, 2.05) is 34.6 Å². The highest BCUT2D eigenvalue weighted by Gasteiger charge is 2.33. The number of amides is 2. The van der Waals surface area contributed by atoms with E-state index in [2.05, 4.69) is 15.3 Å². The minimum Gasteiger partial charge on any atom is -0.345 e. The second kappa shape index (κ2) is 8.13. The third-order valence-corrected chi connectivity index (χ3v) is 6.57. The maximum Gasteiger partial charge on any atom is 0.290 e. The lowest BCUT2D eigenvalue weighted by Crippen LogP contribution is -2.47. The summed E-state index contributed by atoms with van der Waals surface area (Å²) in [5.74, 6) is 0.345. The molecule has 1 N–H and O–H groups in total. The van der Waals surface area contributed by atoms with Crippen LogP contribution in [0.3, 0.4) is 0 Å². The largest absolute Gasteiger partial charge is 0.345 e. The van der Waals surface area contributed by atoms with Gasteiger partial charge in [-0.2, -0.15) is 0 Å². The van der Waals surface area contributed by atoms with Gasteiger partial charge >= 0.3 is 0 Å². The molecule has 0 bridgehead atoms. The summed E-state index contributed by atoms with van der Waals surface area (Å²) >= 11 is 0. The van der Waals surface area contributed by atoms with E-state index >= 15 is 0 Å². The van der Waals surface area contributed by atoms with Crippen molar-refractivity contribution >= 4 is 22.8 Å². The van der Waals surface area contributed by atoms with Crippen molar-refractivity contribution in [3.63, 3.8) is 0 Å². The second-order valence-electron chi connectivity index (χ2n) is 8.56. The Balaban J connectivity index is 1.38.